The summed E-state index contributed by atoms with van der Waals surface area (Å²) in [4.78, 5) is 10.00. The van der Waals surface area contributed by atoms with E-state index in [4.69, 9.17) is 5.11 Å². The molecule has 0 bridgehead atoms. The fraction of sp³-hybridized carbons (Fsp3) is 0.857. The van der Waals surface area contributed by atoms with Gasteiger partial charge in [0.1, 0.15) is 0 Å². The molecule has 132 valence electrons. The second-order valence-electron chi connectivity index (χ2n) is 3.68. The molecule has 0 saturated carbocycles. The molecule has 0 amide bonds. The van der Waals surface area contributed by atoms with Crippen molar-refractivity contribution in [2.45, 2.75) is 35.8 Å². The highest BCUT2D eigenvalue weighted by molar-refractivity contribution is 5.81. The maximum atomic E-state index is 13.2. The summed E-state index contributed by atoms with van der Waals surface area (Å²) in [5, 5.41) is 7.76. The van der Waals surface area contributed by atoms with Gasteiger partial charge in [0.15, 0.2) is 0 Å². The highest BCUT2D eigenvalue weighted by Crippen LogP contribution is 2.59. The number of halogens is 13. The summed E-state index contributed by atoms with van der Waals surface area (Å²) in [7, 11) is 0. The van der Waals surface area contributed by atoms with Gasteiger partial charge in [0.05, 0.1) is 0 Å². The first kappa shape index (κ1) is 20.6. The minimum absolute atomic E-state index is 4.57. The Hall–Kier alpha value is -1.44. The van der Waals surface area contributed by atoms with E-state index in [9.17, 15) is 61.9 Å². The summed E-state index contributed by atoms with van der Waals surface area (Å²) < 4.78 is 159. The number of alkyl halides is 13. The lowest BCUT2D eigenvalue weighted by atomic mass is 9.85. The molecule has 0 aliphatic carbocycles. The molecule has 0 rings (SSSR count). The molecule has 0 aromatic rings. The maximum Gasteiger partial charge on any atom is 0.460 e. The Morgan fingerprint density at radius 3 is 1.00 bits per heavy atom. The largest absolute Gasteiger partial charge is 0.479 e. The Labute approximate surface area is 110 Å². The quantitative estimate of drug-likeness (QED) is 0.771. The van der Waals surface area contributed by atoms with E-state index in [0.29, 0.717) is 0 Å². The summed E-state index contributed by atoms with van der Waals surface area (Å²) in [5.41, 5.74) is -7.63. The van der Waals surface area contributed by atoms with Crippen molar-refractivity contribution in [3.05, 3.63) is 0 Å². The first-order chi connectivity index (χ1) is 9.19. The van der Waals surface area contributed by atoms with E-state index in [0.717, 1.165) is 0 Å². The second-order valence-corrected chi connectivity index (χ2v) is 3.68. The Morgan fingerprint density at radius 1 is 0.545 bits per heavy atom. The van der Waals surface area contributed by atoms with E-state index < -0.39 is 41.8 Å². The van der Waals surface area contributed by atoms with Crippen LogP contribution >= 0.6 is 0 Å². The summed E-state index contributed by atoms with van der Waals surface area (Å²) in [5.74, 6) is -28.2. The summed E-state index contributed by atoms with van der Waals surface area (Å²) in [6.45, 7) is 0. The fourth-order valence-electron chi connectivity index (χ4n) is 1.06. The molecule has 22 heavy (non-hydrogen) atoms. The predicted octanol–water partition coefficient (Wildman–Crippen LogP) is 3.81. The van der Waals surface area contributed by atoms with Gasteiger partial charge >= 0.3 is 41.8 Å². The number of carboxylic acids is 1. The van der Waals surface area contributed by atoms with Crippen LogP contribution in [0.1, 0.15) is 0 Å². The van der Waals surface area contributed by atoms with E-state index in [1.165, 1.54) is 0 Å². The first-order valence-electron chi connectivity index (χ1n) is 4.38. The normalized spacial score (nSPS) is 18.0. The number of aliphatic carboxylic acids is 1. The number of hydrogen-bond acceptors (Lipinski definition) is 1. The van der Waals surface area contributed by atoms with Gasteiger partial charge < -0.3 is 5.11 Å². The van der Waals surface area contributed by atoms with Gasteiger partial charge in [-0.1, -0.05) is 0 Å². The Balaban J connectivity index is 6.61. The lowest BCUT2D eigenvalue weighted by Gasteiger charge is -2.39. The molecule has 0 radical (unpaired) electrons. The standard InChI is InChI=1S/C7HF13O2/c8-2(1(21)22,4(11,12)6(15,16)17)3(9,10)5(13,14)7(18,19)20/h(H,21,22). The Bertz CT molecular complexity index is 446. The van der Waals surface area contributed by atoms with E-state index in [1.54, 1.807) is 0 Å². The molecule has 0 spiro atoms. The summed E-state index contributed by atoms with van der Waals surface area (Å²) in [6, 6.07) is 0. The smallest absolute Gasteiger partial charge is 0.460 e. The lowest BCUT2D eigenvalue weighted by molar-refractivity contribution is -0.417. The van der Waals surface area contributed by atoms with Crippen LogP contribution in [-0.4, -0.2) is 46.9 Å². The molecule has 1 unspecified atom stereocenters. The molecule has 2 nitrogen and oxygen atoms in total. The van der Waals surface area contributed by atoms with Crippen LogP contribution in [-0.2, 0) is 4.79 Å². The highest BCUT2D eigenvalue weighted by atomic mass is 19.4. The topological polar surface area (TPSA) is 37.3 Å². The molecule has 0 aromatic heterocycles. The highest BCUT2D eigenvalue weighted by Gasteiger charge is 2.93. The van der Waals surface area contributed by atoms with Gasteiger partial charge in [0.2, 0.25) is 0 Å². The van der Waals surface area contributed by atoms with Gasteiger partial charge in [0, 0.05) is 0 Å². The SMILES string of the molecule is O=C(O)C(F)(C(F)(F)C(F)(F)F)C(F)(F)C(F)(F)C(F)(F)F. The van der Waals surface area contributed by atoms with Crippen LogP contribution in [0.5, 0.6) is 0 Å². The summed E-state index contributed by atoms with van der Waals surface area (Å²) in [6.07, 6.45) is -15.0. The van der Waals surface area contributed by atoms with Crippen molar-refractivity contribution in [3.8, 4) is 0 Å². The molecule has 0 aromatic carbocycles. The van der Waals surface area contributed by atoms with Crippen LogP contribution in [0.15, 0.2) is 0 Å². The molecular formula is C7HF13O2. The van der Waals surface area contributed by atoms with Crippen LogP contribution in [0.25, 0.3) is 0 Å². The van der Waals surface area contributed by atoms with E-state index >= 15 is 0 Å². The zero-order valence-electron chi connectivity index (χ0n) is 9.27. The molecule has 15 heteroatoms. The van der Waals surface area contributed by atoms with Crippen molar-refractivity contribution in [2.24, 2.45) is 0 Å². The van der Waals surface area contributed by atoms with E-state index in [1.807, 2.05) is 0 Å². The number of hydrogen-bond donors (Lipinski definition) is 1. The molecule has 0 aliphatic rings. The molecule has 0 heterocycles. The van der Waals surface area contributed by atoms with Crippen LogP contribution in [0.4, 0.5) is 57.1 Å². The molecular weight excluding hydrogens is 363 g/mol. The van der Waals surface area contributed by atoms with Gasteiger partial charge in [-0.3, -0.25) is 0 Å². The first-order valence-corrected chi connectivity index (χ1v) is 4.38. The minimum atomic E-state index is -8.00. The van der Waals surface area contributed by atoms with Crippen molar-refractivity contribution >= 4 is 5.97 Å². The number of rotatable bonds is 4. The van der Waals surface area contributed by atoms with Crippen molar-refractivity contribution < 1.29 is 67.0 Å². The Kier molecular flexibility index (Phi) is 4.46. The Morgan fingerprint density at radius 2 is 0.818 bits per heavy atom. The van der Waals surface area contributed by atoms with Gasteiger partial charge in [-0.2, -0.15) is 52.7 Å². The molecule has 1 atom stereocenters. The zero-order chi connectivity index (χ0) is 18.6. The monoisotopic (exact) mass is 364 g/mol. The zero-order valence-corrected chi connectivity index (χ0v) is 9.27. The fourth-order valence-corrected chi connectivity index (χ4v) is 1.06. The molecule has 0 fully saturated rings. The van der Waals surface area contributed by atoms with Gasteiger partial charge in [-0.05, 0) is 0 Å². The van der Waals surface area contributed by atoms with Crippen LogP contribution in [0.3, 0.4) is 0 Å². The maximum absolute atomic E-state index is 13.2. The van der Waals surface area contributed by atoms with Crippen LogP contribution in [0.2, 0.25) is 0 Å². The van der Waals surface area contributed by atoms with Crippen LogP contribution < -0.4 is 0 Å². The van der Waals surface area contributed by atoms with E-state index in [2.05, 4.69) is 0 Å². The van der Waals surface area contributed by atoms with Gasteiger partial charge in [-0.25, -0.2) is 9.18 Å². The van der Waals surface area contributed by atoms with Gasteiger partial charge in [-0.15, -0.1) is 0 Å². The minimum Gasteiger partial charge on any atom is -0.479 e. The predicted molar refractivity (Wildman–Crippen MR) is 38.4 cm³/mol. The third-order valence-electron chi connectivity index (χ3n) is 2.27. The van der Waals surface area contributed by atoms with Crippen molar-refractivity contribution in [3.63, 3.8) is 0 Å². The number of carbonyl (C=O) groups is 1. The molecule has 0 saturated heterocycles. The van der Waals surface area contributed by atoms with Gasteiger partial charge in [0.25, 0.3) is 0 Å². The average Bonchev–Trinajstić information content (AvgIpc) is 2.23. The lowest BCUT2D eigenvalue weighted by Crippen LogP contribution is -2.74. The number of carboxylic acid groups (broad SMARTS) is 1. The van der Waals surface area contributed by atoms with Crippen molar-refractivity contribution in [1.82, 2.24) is 0 Å². The molecule has 1 N–H and O–H groups in total. The van der Waals surface area contributed by atoms with Crippen molar-refractivity contribution in [1.29, 1.82) is 0 Å². The third kappa shape index (κ3) is 2.33. The third-order valence-corrected chi connectivity index (χ3v) is 2.27. The van der Waals surface area contributed by atoms with E-state index in [-0.39, 0.29) is 0 Å². The average molecular weight is 364 g/mol. The van der Waals surface area contributed by atoms with Crippen LogP contribution in [0, 0.1) is 0 Å². The summed E-state index contributed by atoms with van der Waals surface area (Å²) >= 11 is 0. The molecule has 0 aliphatic heterocycles. The second kappa shape index (κ2) is 4.78. The van der Waals surface area contributed by atoms with Crippen molar-refractivity contribution in [2.75, 3.05) is 0 Å².